The summed E-state index contributed by atoms with van der Waals surface area (Å²) >= 11 is 1.41. The van der Waals surface area contributed by atoms with E-state index in [0.717, 1.165) is 5.82 Å². The number of aryl methyl sites for hydroxylation is 1. The average molecular weight is 428 g/mol. The second-order valence-electron chi connectivity index (χ2n) is 5.76. The second-order valence-corrected chi connectivity index (χ2v) is 8.73. The molecule has 0 unspecified atom stereocenters. The number of thioether (sulfide) groups is 1. The highest BCUT2D eigenvalue weighted by Crippen LogP contribution is 2.28. The van der Waals surface area contributed by atoms with E-state index in [1.165, 1.54) is 35.3 Å². The third kappa shape index (κ3) is 5.24. The molecule has 154 valence electrons. The molecule has 1 heterocycles. The normalized spacial score (nSPS) is 11.6. The summed E-state index contributed by atoms with van der Waals surface area (Å²) < 4.78 is 32.2. The number of aromatic nitrogens is 3. The first kappa shape index (κ1) is 22.2. The van der Waals surface area contributed by atoms with Gasteiger partial charge in [-0.25, -0.2) is 13.4 Å². The Morgan fingerprint density at radius 1 is 1.32 bits per heavy atom. The number of nitrogens with one attached hydrogen (secondary N) is 2. The van der Waals surface area contributed by atoms with Gasteiger partial charge >= 0.3 is 0 Å². The molecule has 0 aliphatic heterocycles. The van der Waals surface area contributed by atoms with Crippen molar-refractivity contribution < 1.29 is 17.9 Å². The Balaban J connectivity index is 2.09. The van der Waals surface area contributed by atoms with E-state index in [1.54, 1.807) is 19.9 Å². The SMILES string of the molecule is CCN(CC)S(=O)(=O)c1cc(C(=O)NCCSc2n[nH]c(C)n2)ccc1OC. The molecular weight excluding hydrogens is 402 g/mol. The van der Waals surface area contributed by atoms with E-state index in [4.69, 9.17) is 4.74 Å². The summed E-state index contributed by atoms with van der Waals surface area (Å²) in [5.74, 6) is 1.17. The summed E-state index contributed by atoms with van der Waals surface area (Å²) in [4.78, 5) is 16.6. The molecule has 0 spiro atoms. The van der Waals surface area contributed by atoms with Crippen LogP contribution in [-0.4, -0.2) is 66.3 Å². The van der Waals surface area contributed by atoms with Crippen LogP contribution in [-0.2, 0) is 10.0 Å². The molecular formula is C17H25N5O4S2. The molecule has 0 saturated heterocycles. The lowest BCUT2D eigenvalue weighted by Gasteiger charge is -2.20. The van der Waals surface area contributed by atoms with Gasteiger partial charge in [0.25, 0.3) is 5.91 Å². The first-order chi connectivity index (χ1) is 13.3. The van der Waals surface area contributed by atoms with Crippen molar-refractivity contribution in [2.75, 3.05) is 32.5 Å². The molecule has 2 rings (SSSR count). The summed E-state index contributed by atoms with van der Waals surface area (Å²) in [7, 11) is -2.35. The Morgan fingerprint density at radius 2 is 2.04 bits per heavy atom. The summed E-state index contributed by atoms with van der Waals surface area (Å²) in [5, 5.41) is 10.2. The molecule has 0 fully saturated rings. The van der Waals surface area contributed by atoms with Crippen molar-refractivity contribution >= 4 is 27.7 Å². The van der Waals surface area contributed by atoms with E-state index in [9.17, 15) is 13.2 Å². The number of hydrogen-bond donors (Lipinski definition) is 2. The molecule has 0 aliphatic rings. The molecule has 0 radical (unpaired) electrons. The molecule has 1 aromatic heterocycles. The largest absolute Gasteiger partial charge is 0.495 e. The molecule has 1 aromatic carbocycles. The molecule has 0 atom stereocenters. The van der Waals surface area contributed by atoms with Crippen LogP contribution in [0.5, 0.6) is 5.75 Å². The van der Waals surface area contributed by atoms with Crippen LogP contribution in [0.4, 0.5) is 0 Å². The Morgan fingerprint density at radius 3 is 2.61 bits per heavy atom. The molecule has 0 saturated carbocycles. The van der Waals surface area contributed by atoms with Crippen LogP contribution in [0, 0.1) is 6.92 Å². The molecule has 1 amide bonds. The standard InChI is InChI=1S/C17H25N5O4S2/c1-5-22(6-2)28(24,25)15-11-13(7-8-14(15)26-4)16(23)18-9-10-27-17-19-12(3)20-21-17/h7-8,11H,5-6,9-10H2,1-4H3,(H,18,23)(H,19,20,21). The van der Waals surface area contributed by atoms with Crippen LogP contribution in [0.1, 0.15) is 30.0 Å². The third-order valence-corrected chi connectivity index (χ3v) is 6.86. The fourth-order valence-corrected chi connectivity index (χ4v) is 4.86. The van der Waals surface area contributed by atoms with Gasteiger partial charge in [0.15, 0.2) is 0 Å². The topological polar surface area (TPSA) is 117 Å². The van der Waals surface area contributed by atoms with Gasteiger partial charge in [0.2, 0.25) is 15.2 Å². The fraction of sp³-hybridized carbons (Fsp3) is 0.471. The number of amides is 1. The van der Waals surface area contributed by atoms with Gasteiger partial charge in [-0.15, -0.1) is 5.10 Å². The molecule has 28 heavy (non-hydrogen) atoms. The Kier molecular flexibility index (Phi) is 7.84. The highest BCUT2D eigenvalue weighted by molar-refractivity contribution is 7.99. The number of ether oxygens (including phenoxy) is 1. The number of rotatable bonds is 10. The number of sulfonamides is 1. The van der Waals surface area contributed by atoms with Crippen molar-refractivity contribution in [2.24, 2.45) is 0 Å². The fourth-order valence-electron chi connectivity index (χ4n) is 2.52. The Hall–Kier alpha value is -2.11. The van der Waals surface area contributed by atoms with Crippen LogP contribution in [0.15, 0.2) is 28.3 Å². The van der Waals surface area contributed by atoms with Gasteiger partial charge in [-0.1, -0.05) is 25.6 Å². The average Bonchev–Trinajstić information content (AvgIpc) is 3.10. The van der Waals surface area contributed by atoms with E-state index >= 15 is 0 Å². The number of methoxy groups -OCH3 is 1. The minimum atomic E-state index is -3.75. The first-order valence-electron chi connectivity index (χ1n) is 8.81. The van der Waals surface area contributed by atoms with E-state index in [0.29, 0.717) is 30.5 Å². The predicted molar refractivity (Wildman–Crippen MR) is 107 cm³/mol. The Labute approximate surface area is 169 Å². The molecule has 9 nitrogen and oxygen atoms in total. The Bertz CT molecular complexity index is 910. The molecule has 2 N–H and O–H groups in total. The maximum absolute atomic E-state index is 12.9. The number of carbonyl (C=O) groups is 1. The van der Waals surface area contributed by atoms with Crippen molar-refractivity contribution in [1.29, 1.82) is 0 Å². The van der Waals surface area contributed by atoms with Crippen molar-refractivity contribution in [3.05, 3.63) is 29.6 Å². The molecule has 0 aliphatic carbocycles. The zero-order valence-electron chi connectivity index (χ0n) is 16.4. The van der Waals surface area contributed by atoms with Crippen molar-refractivity contribution in [2.45, 2.75) is 30.8 Å². The minimum Gasteiger partial charge on any atom is -0.495 e. The van der Waals surface area contributed by atoms with Crippen molar-refractivity contribution in [1.82, 2.24) is 24.8 Å². The van der Waals surface area contributed by atoms with E-state index in [1.807, 2.05) is 6.92 Å². The van der Waals surface area contributed by atoms with Gasteiger partial charge in [-0.2, -0.15) is 4.31 Å². The van der Waals surface area contributed by atoms with Gasteiger partial charge in [0, 0.05) is 31.0 Å². The first-order valence-corrected chi connectivity index (χ1v) is 11.2. The smallest absolute Gasteiger partial charge is 0.251 e. The number of carbonyl (C=O) groups excluding carboxylic acids is 1. The molecule has 11 heteroatoms. The van der Waals surface area contributed by atoms with Gasteiger partial charge in [0.05, 0.1) is 7.11 Å². The minimum absolute atomic E-state index is 0.0167. The van der Waals surface area contributed by atoms with E-state index < -0.39 is 10.0 Å². The quantitative estimate of drug-likeness (QED) is 0.437. The maximum Gasteiger partial charge on any atom is 0.251 e. The maximum atomic E-state index is 12.9. The number of benzene rings is 1. The number of nitrogens with zero attached hydrogens (tertiary/aromatic N) is 3. The lowest BCUT2D eigenvalue weighted by Crippen LogP contribution is -2.31. The van der Waals surface area contributed by atoms with Crippen LogP contribution in [0.25, 0.3) is 0 Å². The van der Waals surface area contributed by atoms with E-state index in [-0.39, 0.29) is 22.1 Å². The summed E-state index contributed by atoms with van der Waals surface area (Å²) in [5.41, 5.74) is 0.255. The molecule has 2 aromatic rings. The lowest BCUT2D eigenvalue weighted by molar-refractivity contribution is 0.0956. The third-order valence-electron chi connectivity index (χ3n) is 3.94. The van der Waals surface area contributed by atoms with Crippen LogP contribution < -0.4 is 10.1 Å². The zero-order chi connectivity index (χ0) is 20.7. The van der Waals surface area contributed by atoms with Gasteiger partial charge in [-0.3, -0.25) is 9.89 Å². The number of aromatic amines is 1. The van der Waals surface area contributed by atoms with Gasteiger partial charge in [0.1, 0.15) is 16.5 Å². The number of hydrogen-bond acceptors (Lipinski definition) is 7. The van der Waals surface area contributed by atoms with Crippen LogP contribution in [0.2, 0.25) is 0 Å². The van der Waals surface area contributed by atoms with Crippen LogP contribution >= 0.6 is 11.8 Å². The number of H-pyrrole nitrogens is 1. The van der Waals surface area contributed by atoms with E-state index in [2.05, 4.69) is 20.5 Å². The lowest BCUT2D eigenvalue weighted by atomic mass is 10.2. The van der Waals surface area contributed by atoms with Gasteiger partial charge in [-0.05, 0) is 25.1 Å². The predicted octanol–water partition coefficient (Wildman–Crippen LogP) is 1.67. The highest BCUT2D eigenvalue weighted by atomic mass is 32.2. The van der Waals surface area contributed by atoms with Gasteiger partial charge < -0.3 is 10.1 Å². The zero-order valence-corrected chi connectivity index (χ0v) is 18.0. The summed E-state index contributed by atoms with van der Waals surface area (Å²) in [6.07, 6.45) is 0. The highest BCUT2D eigenvalue weighted by Gasteiger charge is 2.26. The summed E-state index contributed by atoms with van der Waals surface area (Å²) in [6, 6.07) is 4.39. The van der Waals surface area contributed by atoms with Crippen LogP contribution in [0.3, 0.4) is 0 Å². The van der Waals surface area contributed by atoms with Crippen molar-refractivity contribution in [3.63, 3.8) is 0 Å². The van der Waals surface area contributed by atoms with Crippen molar-refractivity contribution in [3.8, 4) is 5.75 Å². The summed E-state index contributed by atoms with van der Waals surface area (Å²) in [6.45, 7) is 6.38. The monoisotopic (exact) mass is 427 g/mol. The molecule has 0 bridgehead atoms. The second kappa shape index (κ2) is 9.89.